The van der Waals surface area contributed by atoms with Crippen molar-refractivity contribution >= 4 is 28.6 Å². The minimum Gasteiger partial charge on any atom is -0.486 e. The quantitative estimate of drug-likeness (QED) is 0.450. The van der Waals surface area contributed by atoms with E-state index < -0.39 is 18.5 Å². The molecule has 166 valence electrons. The summed E-state index contributed by atoms with van der Waals surface area (Å²) in [6, 6.07) is 18.1. The van der Waals surface area contributed by atoms with Gasteiger partial charge in [0.1, 0.15) is 19.0 Å². The molecule has 0 unspecified atom stereocenters. The normalized spacial score (nSPS) is 12.4. The molecule has 4 aromatic rings. The number of imidazole rings is 1. The summed E-state index contributed by atoms with van der Waals surface area (Å²) in [5.41, 5.74) is 4.42. The molecule has 3 aromatic carbocycles. The minimum atomic E-state index is -0.597. The second-order valence-corrected chi connectivity index (χ2v) is 7.67. The van der Waals surface area contributed by atoms with Crippen molar-refractivity contribution in [3.05, 3.63) is 71.8 Å². The summed E-state index contributed by atoms with van der Waals surface area (Å²) in [5, 5.41) is 2.69. The zero-order valence-electron chi connectivity index (χ0n) is 17.9. The van der Waals surface area contributed by atoms with E-state index in [4.69, 9.17) is 14.2 Å². The smallest absolute Gasteiger partial charge is 0.338 e. The molecular formula is C25H21N3O5. The Bertz CT molecular complexity index is 1340. The number of ether oxygens (including phenoxy) is 3. The van der Waals surface area contributed by atoms with Gasteiger partial charge in [0.15, 0.2) is 18.1 Å². The van der Waals surface area contributed by atoms with Crippen LogP contribution in [0.1, 0.15) is 15.9 Å². The van der Waals surface area contributed by atoms with Crippen molar-refractivity contribution in [1.82, 2.24) is 9.97 Å². The number of hydrogen-bond acceptors (Lipinski definition) is 6. The van der Waals surface area contributed by atoms with Crippen LogP contribution in [0.15, 0.2) is 60.7 Å². The summed E-state index contributed by atoms with van der Waals surface area (Å²) in [6.45, 7) is 2.56. The molecule has 1 amide bonds. The predicted molar refractivity (Wildman–Crippen MR) is 123 cm³/mol. The first-order chi connectivity index (χ1) is 16.0. The molecule has 33 heavy (non-hydrogen) atoms. The van der Waals surface area contributed by atoms with Crippen molar-refractivity contribution in [2.75, 3.05) is 25.1 Å². The van der Waals surface area contributed by atoms with Gasteiger partial charge in [-0.15, -0.1) is 0 Å². The number of aromatic amines is 1. The van der Waals surface area contributed by atoms with Crippen LogP contribution in [0.3, 0.4) is 0 Å². The number of nitrogens with one attached hydrogen (secondary N) is 2. The Morgan fingerprint density at radius 3 is 2.61 bits per heavy atom. The fraction of sp³-hybridized carbons (Fsp3) is 0.160. The summed E-state index contributed by atoms with van der Waals surface area (Å²) in [7, 11) is 0. The summed E-state index contributed by atoms with van der Waals surface area (Å²) >= 11 is 0. The lowest BCUT2D eigenvalue weighted by atomic mass is 10.1. The van der Waals surface area contributed by atoms with Gasteiger partial charge in [-0.1, -0.05) is 29.8 Å². The number of carbonyl (C=O) groups is 2. The van der Waals surface area contributed by atoms with E-state index in [1.165, 1.54) is 0 Å². The van der Waals surface area contributed by atoms with Gasteiger partial charge < -0.3 is 24.5 Å². The first kappa shape index (κ1) is 20.6. The molecule has 2 N–H and O–H groups in total. The number of nitrogens with zero attached hydrogens (tertiary/aromatic N) is 1. The Morgan fingerprint density at radius 2 is 1.79 bits per heavy atom. The number of aromatic nitrogens is 2. The van der Waals surface area contributed by atoms with Crippen molar-refractivity contribution in [1.29, 1.82) is 0 Å². The highest BCUT2D eigenvalue weighted by molar-refractivity contribution is 5.97. The van der Waals surface area contributed by atoms with Crippen molar-refractivity contribution in [3.63, 3.8) is 0 Å². The molecule has 0 aliphatic carbocycles. The Balaban J connectivity index is 1.22. The van der Waals surface area contributed by atoms with Crippen molar-refractivity contribution in [2.45, 2.75) is 6.92 Å². The third-order valence-electron chi connectivity index (χ3n) is 5.20. The number of amides is 1. The summed E-state index contributed by atoms with van der Waals surface area (Å²) in [4.78, 5) is 32.5. The highest BCUT2D eigenvalue weighted by Crippen LogP contribution is 2.32. The molecule has 1 aromatic heterocycles. The van der Waals surface area contributed by atoms with Gasteiger partial charge in [0.2, 0.25) is 0 Å². The Morgan fingerprint density at radius 1 is 1.00 bits per heavy atom. The van der Waals surface area contributed by atoms with Gasteiger partial charge in [-0.25, -0.2) is 9.78 Å². The highest BCUT2D eigenvalue weighted by atomic mass is 16.6. The molecule has 8 nitrogen and oxygen atoms in total. The van der Waals surface area contributed by atoms with E-state index in [1.807, 2.05) is 31.2 Å². The second-order valence-electron chi connectivity index (χ2n) is 7.67. The zero-order chi connectivity index (χ0) is 22.8. The van der Waals surface area contributed by atoms with Gasteiger partial charge in [0, 0.05) is 17.3 Å². The Hall–Kier alpha value is -4.33. The summed E-state index contributed by atoms with van der Waals surface area (Å²) in [6.07, 6.45) is 0. The van der Waals surface area contributed by atoms with E-state index >= 15 is 0 Å². The van der Waals surface area contributed by atoms with Crippen LogP contribution in [0.4, 0.5) is 5.69 Å². The van der Waals surface area contributed by atoms with E-state index in [0.717, 1.165) is 16.6 Å². The zero-order valence-corrected chi connectivity index (χ0v) is 17.9. The maximum atomic E-state index is 12.5. The lowest BCUT2D eigenvalue weighted by Gasteiger charge is -2.19. The van der Waals surface area contributed by atoms with E-state index in [-0.39, 0.29) is 0 Å². The number of benzene rings is 3. The number of fused-ring (bicyclic) bond motifs is 2. The molecular weight excluding hydrogens is 422 g/mol. The van der Waals surface area contributed by atoms with Crippen molar-refractivity contribution in [2.24, 2.45) is 0 Å². The topological polar surface area (TPSA) is 103 Å². The predicted octanol–water partition coefficient (Wildman–Crippen LogP) is 4.11. The van der Waals surface area contributed by atoms with E-state index in [2.05, 4.69) is 15.3 Å². The van der Waals surface area contributed by atoms with Gasteiger partial charge in [0.05, 0.1) is 16.6 Å². The van der Waals surface area contributed by atoms with E-state index in [0.29, 0.717) is 47.3 Å². The third kappa shape index (κ3) is 4.50. The van der Waals surface area contributed by atoms with Crippen molar-refractivity contribution < 1.29 is 23.8 Å². The number of hydrogen-bond donors (Lipinski definition) is 2. The van der Waals surface area contributed by atoms with Crippen LogP contribution in [0.2, 0.25) is 0 Å². The summed E-state index contributed by atoms with van der Waals surface area (Å²) < 4.78 is 16.1. The number of rotatable bonds is 5. The molecule has 0 bridgehead atoms. The van der Waals surface area contributed by atoms with Crippen LogP contribution in [0, 0.1) is 6.92 Å². The third-order valence-corrected chi connectivity index (χ3v) is 5.20. The van der Waals surface area contributed by atoms with Gasteiger partial charge in [-0.2, -0.15) is 0 Å². The van der Waals surface area contributed by atoms with Crippen LogP contribution in [-0.2, 0) is 9.53 Å². The molecule has 2 heterocycles. The van der Waals surface area contributed by atoms with E-state index in [1.54, 1.807) is 36.4 Å². The fourth-order valence-electron chi connectivity index (χ4n) is 3.52. The molecule has 1 aliphatic rings. The molecule has 0 radical (unpaired) electrons. The number of carbonyl (C=O) groups excluding carboxylic acids is 2. The second kappa shape index (κ2) is 8.66. The number of anilines is 1. The number of esters is 1. The molecule has 0 saturated heterocycles. The first-order valence-corrected chi connectivity index (χ1v) is 10.5. The maximum absolute atomic E-state index is 12.5. The Kier molecular flexibility index (Phi) is 5.40. The average molecular weight is 443 g/mol. The highest BCUT2D eigenvalue weighted by Gasteiger charge is 2.15. The van der Waals surface area contributed by atoms with Crippen LogP contribution in [-0.4, -0.2) is 41.7 Å². The van der Waals surface area contributed by atoms with Crippen LogP contribution < -0.4 is 14.8 Å². The van der Waals surface area contributed by atoms with Gasteiger partial charge >= 0.3 is 5.97 Å². The van der Waals surface area contributed by atoms with Crippen LogP contribution in [0.25, 0.3) is 22.4 Å². The van der Waals surface area contributed by atoms with Gasteiger partial charge in [0.25, 0.3) is 5.91 Å². The standard InChI is InChI=1S/C25H21N3O5/c1-15-2-4-16(5-3-15)24-27-19-8-6-17(12-20(19)28-24)25(30)33-14-23(29)26-18-7-9-21-22(13-18)32-11-10-31-21/h2-9,12-13H,10-11,14H2,1H3,(H,26,29)(H,27,28). The molecule has 0 spiro atoms. The van der Waals surface area contributed by atoms with Crippen LogP contribution in [0.5, 0.6) is 11.5 Å². The molecule has 0 atom stereocenters. The number of H-pyrrole nitrogens is 1. The molecule has 0 saturated carbocycles. The number of aryl methyl sites for hydroxylation is 1. The maximum Gasteiger partial charge on any atom is 0.338 e. The molecule has 8 heteroatoms. The fourth-order valence-corrected chi connectivity index (χ4v) is 3.52. The first-order valence-electron chi connectivity index (χ1n) is 10.5. The SMILES string of the molecule is Cc1ccc(-c2nc3ccc(C(=O)OCC(=O)Nc4ccc5c(c4)OCCO5)cc3[nH]2)cc1. The lowest BCUT2D eigenvalue weighted by Crippen LogP contribution is -2.21. The summed E-state index contributed by atoms with van der Waals surface area (Å²) in [5.74, 6) is 0.860. The largest absolute Gasteiger partial charge is 0.486 e. The van der Waals surface area contributed by atoms with Crippen LogP contribution >= 0.6 is 0 Å². The van der Waals surface area contributed by atoms with Gasteiger partial charge in [-0.3, -0.25) is 4.79 Å². The van der Waals surface area contributed by atoms with Gasteiger partial charge in [-0.05, 0) is 37.3 Å². The molecule has 5 rings (SSSR count). The molecule has 1 aliphatic heterocycles. The minimum absolute atomic E-state index is 0.328. The molecule has 0 fully saturated rings. The average Bonchev–Trinajstić information content (AvgIpc) is 3.26. The van der Waals surface area contributed by atoms with E-state index in [9.17, 15) is 9.59 Å². The monoisotopic (exact) mass is 443 g/mol. The lowest BCUT2D eigenvalue weighted by molar-refractivity contribution is -0.119. The Labute approximate surface area is 189 Å². The van der Waals surface area contributed by atoms with Crippen molar-refractivity contribution in [3.8, 4) is 22.9 Å².